The van der Waals surface area contributed by atoms with Crippen molar-refractivity contribution in [1.82, 2.24) is 24.6 Å². The fourth-order valence-corrected chi connectivity index (χ4v) is 5.35. The molecule has 4 aromatic rings. The van der Waals surface area contributed by atoms with E-state index in [1.54, 1.807) is 17.0 Å². The lowest BCUT2D eigenvalue weighted by molar-refractivity contribution is 0.253. The molecular formula is C27H30Cl3N7O2. The zero-order chi connectivity index (χ0) is 28.4. The Balaban J connectivity index is 1.70. The van der Waals surface area contributed by atoms with Gasteiger partial charge in [0.15, 0.2) is 5.65 Å². The maximum absolute atomic E-state index is 13.3. The molecular weight excluding hydrogens is 561 g/mol. The normalized spacial score (nSPS) is 11.6. The molecule has 0 saturated carbocycles. The van der Waals surface area contributed by atoms with Gasteiger partial charge in [-0.2, -0.15) is 5.10 Å². The van der Waals surface area contributed by atoms with Gasteiger partial charge in [0.05, 0.1) is 15.7 Å². The van der Waals surface area contributed by atoms with Crippen LogP contribution in [0.1, 0.15) is 43.3 Å². The molecule has 0 aliphatic carbocycles. The number of hydrogen-bond donors (Lipinski definition) is 2. The number of halogens is 3. The monoisotopic (exact) mass is 589 g/mol. The summed E-state index contributed by atoms with van der Waals surface area (Å²) in [7, 11) is 3.96. The molecule has 0 radical (unpaired) electrons. The maximum atomic E-state index is 13.3. The molecule has 4 rings (SSSR count). The molecule has 2 heterocycles. The Morgan fingerprint density at radius 2 is 1.72 bits per heavy atom. The molecule has 12 heteroatoms. The van der Waals surface area contributed by atoms with Crippen LogP contribution in [0.2, 0.25) is 15.1 Å². The highest BCUT2D eigenvalue weighted by atomic mass is 35.5. The van der Waals surface area contributed by atoms with Gasteiger partial charge >= 0.3 is 6.03 Å². The van der Waals surface area contributed by atoms with Crippen LogP contribution in [0, 0.1) is 0 Å². The van der Waals surface area contributed by atoms with Crippen molar-refractivity contribution in [3.05, 3.63) is 78.9 Å². The van der Waals surface area contributed by atoms with Crippen LogP contribution in [-0.2, 0) is 6.42 Å². The molecule has 0 atom stereocenters. The average Bonchev–Trinajstić information content (AvgIpc) is 3.21. The summed E-state index contributed by atoms with van der Waals surface area (Å²) in [5.41, 5.74) is 8.23. The van der Waals surface area contributed by atoms with Crippen molar-refractivity contribution in [2.24, 2.45) is 5.73 Å². The van der Waals surface area contributed by atoms with E-state index in [0.717, 1.165) is 18.5 Å². The van der Waals surface area contributed by atoms with E-state index in [1.165, 1.54) is 4.68 Å². The first-order valence-electron chi connectivity index (χ1n) is 12.4. The SMILES string of the molecule is CC(C)c1nn(-c2c(Cl)cc(Cl)cc2Cl)c2nc(Cc3ccc(N(CCCN(C)C)C(N)=O)cc3)[nH]c(=O)c12. The van der Waals surface area contributed by atoms with Crippen LogP contribution in [0.5, 0.6) is 0 Å². The van der Waals surface area contributed by atoms with E-state index >= 15 is 0 Å². The van der Waals surface area contributed by atoms with Crippen molar-refractivity contribution in [3.63, 3.8) is 0 Å². The number of nitrogens with one attached hydrogen (secondary N) is 1. The number of anilines is 1. The summed E-state index contributed by atoms with van der Waals surface area (Å²) in [5, 5.41) is 6.01. The van der Waals surface area contributed by atoms with Gasteiger partial charge in [-0.1, -0.05) is 60.8 Å². The molecule has 9 nitrogen and oxygen atoms in total. The van der Waals surface area contributed by atoms with Gasteiger partial charge in [0.25, 0.3) is 5.56 Å². The number of fused-ring (bicyclic) bond motifs is 1. The number of rotatable bonds is 9. The standard InChI is InChI=1S/C27H30Cl3N7O2/c1-15(2)23-22-25(37(34-23)24-19(29)13-17(28)14-20(24)30)32-21(33-26(22)38)12-16-6-8-18(9-7-16)36(27(31)39)11-5-10-35(3)4/h6-9,13-15H,5,10-12H2,1-4H3,(H2,31,39)(H,32,33,38). The zero-order valence-electron chi connectivity index (χ0n) is 22.1. The summed E-state index contributed by atoms with van der Waals surface area (Å²) >= 11 is 19.1. The van der Waals surface area contributed by atoms with E-state index in [9.17, 15) is 9.59 Å². The van der Waals surface area contributed by atoms with Crippen molar-refractivity contribution in [1.29, 1.82) is 0 Å². The van der Waals surface area contributed by atoms with E-state index in [2.05, 4.69) is 15.0 Å². The molecule has 206 valence electrons. The van der Waals surface area contributed by atoms with E-state index in [1.807, 2.05) is 52.2 Å². The summed E-state index contributed by atoms with van der Waals surface area (Å²) in [6, 6.07) is 10.1. The molecule has 2 amide bonds. The van der Waals surface area contributed by atoms with Gasteiger partial charge in [-0.15, -0.1) is 0 Å². The van der Waals surface area contributed by atoms with Crippen molar-refractivity contribution in [2.75, 3.05) is 32.1 Å². The minimum atomic E-state index is -0.508. The molecule has 0 unspecified atom stereocenters. The smallest absolute Gasteiger partial charge is 0.319 e. The third-order valence-electron chi connectivity index (χ3n) is 6.23. The molecule has 0 aliphatic rings. The molecule has 3 N–H and O–H groups in total. The van der Waals surface area contributed by atoms with Crippen LogP contribution in [0.3, 0.4) is 0 Å². The Morgan fingerprint density at radius 1 is 1.08 bits per heavy atom. The summed E-state index contributed by atoms with van der Waals surface area (Å²) in [5.74, 6) is 0.390. The van der Waals surface area contributed by atoms with Crippen LogP contribution in [0.15, 0.2) is 41.2 Å². The Kier molecular flexibility index (Phi) is 8.86. The van der Waals surface area contributed by atoms with Crippen LogP contribution < -0.4 is 16.2 Å². The number of amides is 2. The van der Waals surface area contributed by atoms with Crippen molar-refractivity contribution in [3.8, 4) is 5.69 Å². The highest BCUT2D eigenvalue weighted by Crippen LogP contribution is 2.34. The lowest BCUT2D eigenvalue weighted by Crippen LogP contribution is -2.37. The molecule has 39 heavy (non-hydrogen) atoms. The first kappa shape index (κ1) is 28.9. The van der Waals surface area contributed by atoms with Gasteiger partial charge in [-0.05, 0) is 62.8 Å². The Hall–Kier alpha value is -3.11. The van der Waals surface area contributed by atoms with Crippen molar-refractivity contribution >= 4 is 57.6 Å². The second kappa shape index (κ2) is 12.0. The maximum Gasteiger partial charge on any atom is 0.319 e. The van der Waals surface area contributed by atoms with Crippen LogP contribution >= 0.6 is 34.8 Å². The number of aromatic amines is 1. The first-order valence-corrected chi connectivity index (χ1v) is 13.6. The number of hydrogen-bond acceptors (Lipinski definition) is 5. The third-order valence-corrected chi connectivity index (χ3v) is 7.02. The number of H-pyrrole nitrogens is 1. The van der Waals surface area contributed by atoms with Crippen LogP contribution in [0.25, 0.3) is 16.7 Å². The van der Waals surface area contributed by atoms with E-state index < -0.39 is 6.03 Å². The molecule has 0 spiro atoms. The van der Waals surface area contributed by atoms with Gasteiger partial charge < -0.3 is 15.6 Å². The summed E-state index contributed by atoms with van der Waals surface area (Å²) in [6.45, 7) is 5.24. The van der Waals surface area contributed by atoms with Crippen LogP contribution in [-0.4, -0.2) is 57.9 Å². The lowest BCUT2D eigenvalue weighted by atomic mass is 10.1. The third kappa shape index (κ3) is 6.38. The minimum Gasteiger partial charge on any atom is -0.351 e. The number of carbonyl (C=O) groups is 1. The van der Waals surface area contributed by atoms with Crippen molar-refractivity contribution < 1.29 is 4.79 Å². The average molecular weight is 591 g/mol. The summed E-state index contributed by atoms with van der Waals surface area (Å²) < 4.78 is 1.51. The summed E-state index contributed by atoms with van der Waals surface area (Å²) in [6.07, 6.45) is 1.13. The Bertz CT molecular complexity index is 1540. The van der Waals surface area contributed by atoms with E-state index in [0.29, 0.717) is 51.9 Å². The van der Waals surface area contributed by atoms with Crippen LogP contribution in [0.4, 0.5) is 10.5 Å². The second-order valence-corrected chi connectivity index (χ2v) is 11.1. The molecule has 0 fully saturated rings. The number of urea groups is 1. The van der Waals surface area contributed by atoms with Gasteiger partial charge in [0.1, 0.15) is 16.9 Å². The number of aromatic nitrogens is 4. The predicted octanol–water partition coefficient (Wildman–Crippen LogP) is 5.62. The Morgan fingerprint density at radius 3 is 2.28 bits per heavy atom. The molecule has 2 aromatic carbocycles. The molecule has 0 bridgehead atoms. The quantitative estimate of drug-likeness (QED) is 0.263. The number of primary amides is 1. The summed E-state index contributed by atoms with van der Waals surface area (Å²) in [4.78, 5) is 36.5. The Labute approximate surface area is 241 Å². The van der Waals surface area contributed by atoms with Crippen molar-refractivity contribution in [2.45, 2.75) is 32.6 Å². The lowest BCUT2D eigenvalue weighted by Gasteiger charge is -2.21. The number of nitrogens with zero attached hydrogens (tertiary/aromatic N) is 5. The van der Waals surface area contributed by atoms with Gasteiger partial charge in [-0.25, -0.2) is 14.5 Å². The highest BCUT2D eigenvalue weighted by molar-refractivity contribution is 6.40. The molecule has 2 aromatic heterocycles. The van der Waals surface area contributed by atoms with E-state index in [4.69, 9.17) is 45.5 Å². The number of benzene rings is 2. The second-order valence-electron chi connectivity index (χ2n) is 9.87. The zero-order valence-corrected chi connectivity index (χ0v) is 24.4. The predicted molar refractivity (Wildman–Crippen MR) is 158 cm³/mol. The van der Waals surface area contributed by atoms with Gasteiger partial charge in [0, 0.05) is 23.7 Å². The largest absolute Gasteiger partial charge is 0.351 e. The number of carbonyl (C=O) groups excluding carboxylic acids is 1. The molecule has 0 aliphatic heterocycles. The van der Waals surface area contributed by atoms with Gasteiger partial charge in [0.2, 0.25) is 0 Å². The first-order chi connectivity index (χ1) is 18.5. The fourth-order valence-electron chi connectivity index (χ4n) is 4.38. The van der Waals surface area contributed by atoms with Gasteiger partial charge in [-0.3, -0.25) is 9.69 Å². The number of nitrogens with two attached hydrogens (primary N) is 1. The topological polar surface area (TPSA) is 113 Å². The highest BCUT2D eigenvalue weighted by Gasteiger charge is 2.23. The van der Waals surface area contributed by atoms with E-state index in [-0.39, 0.29) is 21.5 Å². The minimum absolute atomic E-state index is 0.0502. The molecule has 0 saturated heterocycles. The fraction of sp³-hybridized carbons (Fsp3) is 0.333.